The Morgan fingerprint density at radius 1 is 1.38 bits per heavy atom. The molecule has 21 heavy (non-hydrogen) atoms. The molecule has 1 aromatic heterocycles. The first kappa shape index (κ1) is 13.8. The van der Waals surface area contributed by atoms with E-state index in [1.54, 1.807) is 13.8 Å². The highest BCUT2D eigenvalue weighted by atomic mass is 16.5. The maximum absolute atomic E-state index is 12.2. The zero-order valence-electron chi connectivity index (χ0n) is 12.2. The number of carbonyl (C=O) groups excluding carboxylic acids is 1. The van der Waals surface area contributed by atoms with Crippen LogP contribution in [0.3, 0.4) is 0 Å². The third kappa shape index (κ3) is 2.69. The minimum absolute atomic E-state index is 0.0978. The summed E-state index contributed by atoms with van der Waals surface area (Å²) in [6, 6.07) is 8.20. The van der Waals surface area contributed by atoms with Gasteiger partial charge in [0.15, 0.2) is 0 Å². The molecule has 1 N–H and O–H groups in total. The summed E-state index contributed by atoms with van der Waals surface area (Å²) in [5, 5.41) is 6.71. The second-order valence-electron chi connectivity index (χ2n) is 5.22. The highest BCUT2D eigenvalue weighted by molar-refractivity contribution is 5.96. The molecule has 0 unspecified atom stereocenters. The van der Waals surface area contributed by atoms with E-state index < -0.39 is 0 Å². The molecular weight excluding hydrogens is 268 g/mol. The highest BCUT2D eigenvalue weighted by Crippen LogP contribution is 2.26. The zero-order chi connectivity index (χ0) is 14.8. The number of amides is 1. The molecular formula is C16H18N2O3. The molecule has 0 saturated heterocycles. The fourth-order valence-electron chi connectivity index (χ4n) is 2.73. The SMILES string of the molecule is Cc1noc(C)c1C(=O)NC[C@@H]1OCCc2ccccc21. The van der Waals surface area contributed by atoms with E-state index in [1.165, 1.54) is 5.56 Å². The lowest BCUT2D eigenvalue weighted by Crippen LogP contribution is -2.32. The van der Waals surface area contributed by atoms with Crippen molar-refractivity contribution in [2.24, 2.45) is 0 Å². The number of aromatic nitrogens is 1. The first-order valence-electron chi connectivity index (χ1n) is 7.07. The summed E-state index contributed by atoms with van der Waals surface area (Å²) in [6.07, 6.45) is 0.823. The molecule has 3 rings (SSSR count). The van der Waals surface area contributed by atoms with Crippen LogP contribution in [-0.4, -0.2) is 24.2 Å². The smallest absolute Gasteiger partial charge is 0.256 e. The van der Waals surface area contributed by atoms with Crippen LogP contribution in [0.1, 0.15) is 39.0 Å². The van der Waals surface area contributed by atoms with Crippen LogP contribution in [0.2, 0.25) is 0 Å². The van der Waals surface area contributed by atoms with Crippen molar-refractivity contribution < 1.29 is 14.1 Å². The van der Waals surface area contributed by atoms with Crippen molar-refractivity contribution in [3.8, 4) is 0 Å². The summed E-state index contributed by atoms with van der Waals surface area (Å²) >= 11 is 0. The minimum atomic E-state index is -0.169. The van der Waals surface area contributed by atoms with Crippen molar-refractivity contribution in [3.63, 3.8) is 0 Å². The van der Waals surface area contributed by atoms with Gasteiger partial charge < -0.3 is 14.6 Å². The van der Waals surface area contributed by atoms with Gasteiger partial charge in [-0.3, -0.25) is 4.79 Å². The van der Waals surface area contributed by atoms with Crippen molar-refractivity contribution in [2.75, 3.05) is 13.2 Å². The molecule has 0 spiro atoms. The first-order valence-corrected chi connectivity index (χ1v) is 7.07. The molecule has 2 heterocycles. The molecule has 5 heteroatoms. The molecule has 2 aromatic rings. The third-order valence-corrected chi connectivity index (χ3v) is 3.80. The van der Waals surface area contributed by atoms with Gasteiger partial charge in [-0.25, -0.2) is 0 Å². The Bertz CT molecular complexity index is 644. The molecule has 0 aliphatic carbocycles. The molecule has 0 bridgehead atoms. The van der Waals surface area contributed by atoms with Gasteiger partial charge in [0.25, 0.3) is 5.91 Å². The number of benzene rings is 1. The summed E-state index contributed by atoms with van der Waals surface area (Å²) in [5.74, 6) is 0.368. The Kier molecular flexibility index (Phi) is 3.75. The largest absolute Gasteiger partial charge is 0.371 e. The fraction of sp³-hybridized carbons (Fsp3) is 0.375. The van der Waals surface area contributed by atoms with Crippen LogP contribution in [-0.2, 0) is 11.2 Å². The quantitative estimate of drug-likeness (QED) is 0.940. The predicted molar refractivity (Wildman–Crippen MR) is 77.1 cm³/mol. The minimum Gasteiger partial charge on any atom is -0.371 e. The summed E-state index contributed by atoms with van der Waals surface area (Å²) in [6.45, 7) is 4.63. The Morgan fingerprint density at radius 2 is 2.19 bits per heavy atom. The second kappa shape index (κ2) is 5.69. The van der Waals surface area contributed by atoms with E-state index in [2.05, 4.69) is 22.6 Å². The fourth-order valence-corrected chi connectivity index (χ4v) is 2.73. The molecule has 1 aliphatic rings. The number of carbonyl (C=O) groups is 1. The average molecular weight is 286 g/mol. The Balaban J connectivity index is 1.70. The number of rotatable bonds is 3. The third-order valence-electron chi connectivity index (χ3n) is 3.80. The molecule has 0 fully saturated rings. The van der Waals surface area contributed by atoms with Crippen molar-refractivity contribution in [3.05, 3.63) is 52.4 Å². The molecule has 5 nitrogen and oxygen atoms in total. The van der Waals surface area contributed by atoms with E-state index in [4.69, 9.17) is 9.26 Å². The standard InChI is InChI=1S/C16H18N2O3/c1-10-15(11(2)21-18-10)16(19)17-9-14-13-6-4-3-5-12(13)7-8-20-14/h3-6,14H,7-9H2,1-2H3,(H,17,19)/t14-/m0/s1. The predicted octanol–water partition coefficient (Wildman–Crippen LogP) is 2.34. The van der Waals surface area contributed by atoms with Gasteiger partial charge >= 0.3 is 0 Å². The molecule has 0 saturated carbocycles. The van der Waals surface area contributed by atoms with Crippen molar-refractivity contribution >= 4 is 5.91 Å². The monoisotopic (exact) mass is 286 g/mol. The molecule has 1 amide bonds. The Labute approximate surface area is 123 Å². The first-order chi connectivity index (χ1) is 10.2. The maximum Gasteiger partial charge on any atom is 0.256 e. The van der Waals surface area contributed by atoms with Gasteiger partial charge in [0, 0.05) is 6.54 Å². The summed E-state index contributed by atoms with van der Waals surface area (Å²) in [7, 11) is 0. The average Bonchev–Trinajstić information content (AvgIpc) is 2.84. The van der Waals surface area contributed by atoms with Crippen LogP contribution in [0, 0.1) is 13.8 Å². The summed E-state index contributed by atoms with van der Waals surface area (Å²) < 4.78 is 10.8. The number of nitrogens with zero attached hydrogens (tertiary/aromatic N) is 1. The Hall–Kier alpha value is -2.14. The van der Waals surface area contributed by atoms with Gasteiger partial charge in [0.2, 0.25) is 0 Å². The van der Waals surface area contributed by atoms with E-state index in [9.17, 15) is 4.79 Å². The van der Waals surface area contributed by atoms with Crippen LogP contribution in [0.25, 0.3) is 0 Å². The lowest BCUT2D eigenvalue weighted by molar-refractivity contribution is 0.0411. The molecule has 1 atom stereocenters. The van der Waals surface area contributed by atoms with E-state index in [0.717, 1.165) is 12.0 Å². The molecule has 1 aromatic carbocycles. The van der Waals surface area contributed by atoms with Crippen molar-refractivity contribution in [2.45, 2.75) is 26.4 Å². The van der Waals surface area contributed by atoms with E-state index in [-0.39, 0.29) is 12.0 Å². The topological polar surface area (TPSA) is 64.4 Å². The zero-order valence-corrected chi connectivity index (χ0v) is 12.2. The molecule has 0 radical (unpaired) electrons. The van der Waals surface area contributed by atoms with Crippen LogP contribution in [0.4, 0.5) is 0 Å². The summed E-state index contributed by atoms with van der Waals surface area (Å²) in [4.78, 5) is 12.2. The number of nitrogens with one attached hydrogen (secondary N) is 1. The van der Waals surface area contributed by atoms with E-state index in [0.29, 0.717) is 30.2 Å². The highest BCUT2D eigenvalue weighted by Gasteiger charge is 2.23. The van der Waals surface area contributed by atoms with Crippen LogP contribution < -0.4 is 5.32 Å². The van der Waals surface area contributed by atoms with Gasteiger partial charge in [-0.05, 0) is 31.4 Å². The lowest BCUT2D eigenvalue weighted by atomic mass is 9.97. The number of aryl methyl sites for hydroxylation is 2. The van der Waals surface area contributed by atoms with Crippen molar-refractivity contribution in [1.29, 1.82) is 0 Å². The van der Waals surface area contributed by atoms with Crippen molar-refractivity contribution in [1.82, 2.24) is 10.5 Å². The number of hydrogen-bond donors (Lipinski definition) is 1. The number of fused-ring (bicyclic) bond motifs is 1. The van der Waals surface area contributed by atoms with Crippen LogP contribution in [0.5, 0.6) is 0 Å². The molecule has 1 aliphatic heterocycles. The van der Waals surface area contributed by atoms with Gasteiger partial charge in [-0.1, -0.05) is 29.4 Å². The van der Waals surface area contributed by atoms with Gasteiger partial charge in [-0.2, -0.15) is 0 Å². The van der Waals surface area contributed by atoms with Gasteiger partial charge in [0.1, 0.15) is 17.4 Å². The van der Waals surface area contributed by atoms with E-state index in [1.807, 2.05) is 12.1 Å². The normalized spacial score (nSPS) is 17.3. The Morgan fingerprint density at radius 3 is 2.95 bits per heavy atom. The van der Waals surface area contributed by atoms with Gasteiger partial charge in [-0.15, -0.1) is 0 Å². The number of ether oxygens (including phenoxy) is 1. The maximum atomic E-state index is 12.2. The number of hydrogen-bond acceptors (Lipinski definition) is 4. The van der Waals surface area contributed by atoms with Gasteiger partial charge in [0.05, 0.1) is 12.3 Å². The summed E-state index contributed by atoms with van der Waals surface area (Å²) in [5.41, 5.74) is 3.57. The lowest BCUT2D eigenvalue weighted by Gasteiger charge is -2.26. The van der Waals surface area contributed by atoms with Crippen LogP contribution in [0.15, 0.2) is 28.8 Å². The van der Waals surface area contributed by atoms with Crippen LogP contribution >= 0.6 is 0 Å². The van der Waals surface area contributed by atoms with E-state index >= 15 is 0 Å². The second-order valence-corrected chi connectivity index (χ2v) is 5.22. The molecule has 110 valence electrons.